The van der Waals surface area contributed by atoms with E-state index in [1.54, 1.807) is 19.4 Å². The molecule has 0 atom stereocenters. The van der Waals surface area contributed by atoms with Gasteiger partial charge in [-0.2, -0.15) is 0 Å². The number of methoxy groups -OCH3 is 1. The van der Waals surface area contributed by atoms with Gasteiger partial charge in [0.05, 0.1) is 17.8 Å². The van der Waals surface area contributed by atoms with E-state index in [1.165, 1.54) is 0 Å². The number of benzene rings is 2. The van der Waals surface area contributed by atoms with E-state index in [0.29, 0.717) is 17.5 Å². The fourth-order valence-corrected chi connectivity index (χ4v) is 3.87. The first-order valence-electron chi connectivity index (χ1n) is 9.94. The molecule has 0 aliphatic rings. The molecular weight excluding hydrogens is 414 g/mol. The van der Waals surface area contributed by atoms with Gasteiger partial charge in [-0.15, -0.1) is 0 Å². The average molecular weight is 442 g/mol. The van der Waals surface area contributed by atoms with Gasteiger partial charge in [0.2, 0.25) is 0 Å². The summed E-state index contributed by atoms with van der Waals surface area (Å²) in [6.45, 7) is 8.23. The molecule has 5 nitrogen and oxygen atoms in total. The Hall–Kier alpha value is -2.41. The Balaban J connectivity index is 1.91. The third-order valence-corrected chi connectivity index (χ3v) is 6.58. The number of rotatable bonds is 9. The Bertz CT molecular complexity index is 997. The predicted octanol–water partition coefficient (Wildman–Crippen LogP) is 6.03. The van der Waals surface area contributed by atoms with Crippen LogP contribution >= 0.6 is 11.6 Å². The van der Waals surface area contributed by atoms with Gasteiger partial charge >= 0.3 is 0 Å². The van der Waals surface area contributed by atoms with Crippen LogP contribution in [0.15, 0.2) is 65.9 Å². The number of hydrogen-bond donors (Lipinski definition) is 0. The molecule has 0 spiro atoms. The van der Waals surface area contributed by atoms with E-state index >= 15 is 0 Å². The van der Waals surface area contributed by atoms with Crippen LogP contribution in [0.2, 0.25) is 30.7 Å². The lowest BCUT2D eigenvalue weighted by molar-refractivity contribution is 0.0868. The van der Waals surface area contributed by atoms with Crippen molar-refractivity contribution in [3.05, 3.63) is 77.3 Å². The molecule has 1 aromatic heterocycles. The van der Waals surface area contributed by atoms with Crippen molar-refractivity contribution in [1.82, 2.24) is 9.55 Å². The van der Waals surface area contributed by atoms with Crippen LogP contribution in [0, 0.1) is 0 Å². The Labute approximate surface area is 184 Å². The van der Waals surface area contributed by atoms with Crippen LogP contribution < -0.4 is 4.74 Å². The molecular formula is C23H28ClN3O2Si. The molecule has 0 radical (unpaired) electrons. The van der Waals surface area contributed by atoms with E-state index in [4.69, 9.17) is 26.1 Å². The first kappa shape index (κ1) is 22.3. The van der Waals surface area contributed by atoms with Crippen molar-refractivity contribution in [2.24, 2.45) is 4.99 Å². The van der Waals surface area contributed by atoms with Gasteiger partial charge in [0, 0.05) is 32.6 Å². The van der Waals surface area contributed by atoms with Crippen LogP contribution in [-0.2, 0) is 11.5 Å². The predicted molar refractivity (Wildman–Crippen MR) is 126 cm³/mol. The van der Waals surface area contributed by atoms with Crippen LogP contribution in [0.5, 0.6) is 5.75 Å². The molecule has 0 aliphatic carbocycles. The molecule has 0 N–H and O–H groups in total. The highest BCUT2D eigenvalue weighted by molar-refractivity contribution is 6.76. The van der Waals surface area contributed by atoms with E-state index in [1.807, 2.05) is 53.2 Å². The molecule has 0 unspecified atom stereocenters. The maximum Gasteiger partial charge on any atom is 0.161 e. The molecule has 1 heterocycles. The van der Waals surface area contributed by atoms with Crippen molar-refractivity contribution in [3.63, 3.8) is 0 Å². The summed E-state index contributed by atoms with van der Waals surface area (Å²) in [6.07, 6.45) is 3.69. The molecule has 3 aromatic rings. The quantitative estimate of drug-likeness (QED) is 0.231. The van der Waals surface area contributed by atoms with Crippen LogP contribution in [0.3, 0.4) is 0 Å². The summed E-state index contributed by atoms with van der Waals surface area (Å²) in [5.74, 6) is 1.37. The van der Waals surface area contributed by atoms with E-state index in [-0.39, 0.29) is 0 Å². The highest BCUT2D eigenvalue weighted by atomic mass is 35.5. The number of nitrogens with zero attached hydrogens (tertiary/aromatic N) is 3. The number of aromatic nitrogens is 2. The van der Waals surface area contributed by atoms with Crippen LogP contribution in [0.4, 0.5) is 5.69 Å². The molecule has 0 aliphatic heterocycles. The highest BCUT2D eigenvalue weighted by Gasteiger charge is 2.16. The van der Waals surface area contributed by atoms with E-state index < -0.39 is 8.07 Å². The summed E-state index contributed by atoms with van der Waals surface area (Å²) >= 11 is 6.30. The van der Waals surface area contributed by atoms with Gasteiger partial charge in [0.1, 0.15) is 18.2 Å². The molecule has 7 heteroatoms. The van der Waals surface area contributed by atoms with Gasteiger partial charge in [0.25, 0.3) is 0 Å². The maximum absolute atomic E-state index is 6.30. The molecule has 0 fully saturated rings. The number of ether oxygens (including phenoxy) is 2. The van der Waals surface area contributed by atoms with Crippen molar-refractivity contribution in [2.75, 3.05) is 13.7 Å². The summed E-state index contributed by atoms with van der Waals surface area (Å²) in [4.78, 5) is 9.46. The highest BCUT2D eigenvalue weighted by Crippen LogP contribution is 2.29. The summed E-state index contributed by atoms with van der Waals surface area (Å²) in [5.41, 5.74) is 2.46. The molecule has 0 bridgehead atoms. The molecule has 0 saturated heterocycles. The topological polar surface area (TPSA) is 48.6 Å². The monoisotopic (exact) mass is 441 g/mol. The van der Waals surface area contributed by atoms with Gasteiger partial charge in [-0.05, 0) is 24.2 Å². The first-order valence-corrected chi connectivity index (χ1v) is 14.0. The van der Waals surface area contributed by atoms with Gasteiger partial charge in [-0.3, -0.25) is 0 Å². The van der Waals surface area contributed by atoms with E-state index in [2.05, 4.69) is 24.6 Å². The zero-order valence-corrected chi connectivity index (χ0v) is 19.7. The molecule has 158 valence electrons. The van der Waals surface area contributed by atoms with Crippen LogP contribution in [0.1, 0.15) is 11.4 Å². The van der Waals surface area contributed by atoms with Crippen molar-refractivity contribution < 1.29 is 9.47 Å². The number of aliphatic imine (C=N–C) groups is 1. The van der Waals surface area contributed by atoms with Gasteiger partial charge < -0.3 is 14.0 Å². The van der Waals surface area contributed by atoms with Gasteiger partial charge in [-0.25, -0.2) is 9.98 Å². The van der Waals surface area contributed by atoms with Crippen molar-refractivity contribution >= 4 is 31.1 Å². The third kappa shape index (κ3) is 6.04. The number of hydrogen-bond acceptors (Lipinski definition) is 4. The van der Waals surface area contributed by atoms with Crippen molar-refractivity contribution in [1.29, 1.82) is 0 Å². The number of halogens is 1. The lowest BCUT2D eigenvalue weighted by Crippen LogP contribution is -2.22. The Morgan fingerprint density at radius 2 is 1.90 bits per heavy atom. The van der Waals surface area contributed by atoms with Crippen molar-refractivity contribution in [2.45, 2.75) is 32.4 Å². The summed E-state index contributed by atoms with van der Waals surface area (Å²) in [6, 6.07) is 16.6. The zero-order chi connectivity index (χ0) is 21.6. The second kappa shape index (κ2) is 10.1. The van der Waals surface area contributed by atoms with Crippen LogP contribution in [0.25, 0.3) is 0 Å². The van der Waals surface area contributed by atoms with Gasteiger partial charge in [-0.1, -0.05) is 61.6 Å². The van der Waals surface area contributed by atoms with Crippen molar-refractivity contribution in [3.8, 4) is 5.75 Å². The standard InChI is InChI=1S/C23H28ClN3O2Si/c1-28-21-11-10-19(16-20(21)24)26-22(18-8-6-5-7-9-18)23-25-12-13-27(23)17-29-14-15-30(2,3)4/h5-13,16H,14-15,17H2,1-4H3/b26-22-. The number of imidazole rings is 1. The second-order valence-electron chi connectivity index (χ2n) is 8.21. The normalized spacial score (nSPS) is 12.2. The molecule has 2 aromatic carbocycles. The summed E-state index contributed by atoms with van der Waals surface area (Å²) in [5, 5.41) is 0.518. The lowest BCUT2D eigenvalue weighted by Gasteiger charge is -2.16. The van der Waals surface area contributed by atoms with E-state index in [0.717, 1.165) is 35.4 Å². The fourth-order valence-electron chi connectivity index (χ4n) is 2.87. The van der Waals surface area contributed by atoms with Gasteiger partial charge in [0.15, 0.2) is 5.82 Å². The lowest BCUT2D eigenvalue weighted by atomic mass is 10.1. The minimum absolute atomic E-state index is 0.440. The molecule has 3 rings (SSSR count). The summed E-state index contributed by atoms with van der Waals surface area (Å²) in [7, 11) is 0.468. The SMILES string of the molecule is COc1ccc(/N=C(/c2ccccc2)c2nccn2COCC[Si](C)(C)C)cc1Cl. The molecule has 0 amide bonds. The molecule has 0 saturated carbocycles. The third-order valence-electron chi connectivity index (χ3n) is 4.58. The minimum Gasteiger partial charge on any atom is -0.495 e. The first-order chi connectivity index (χ1) is 14.4. The zero-order valence-electron chi connectivity index (χ0n) is 17.9. The van der Waals surface area contributed by atoms with E-state index in [9.17, 15) is 0 Å². The molecule has 30 heavy (non-hydrogen) atoms. The fraction of sp³-hybridized carbons (Fsp3) is 0.304. The Kier molecular flexibility index (Phi) is 7.47. The Morgan fingerprint density at radius 3 is 2.57 bits per heavy atom. The average Bonchev–Trinajstić information content (AvgIpc) is 3.18. The second-order valence-corrected chi connectivity index (χ2v) is 14.2. The largest absolute Gasteiger partial charge is 0.495 e. The van der Waals surface area contributed by atoms with Crippen LogP contribution in [-0.4, -0.2) is 37.1 Å². The Morgan fingerprint density at radius 1 is 1.13 bits per heavy atom. The smallest absolute Gasteiger partial charge is 0.161 e. The summed E-state index contributed by atoms with van der Waals surface area (Å²) < 4.78 is 13.2. The maximum atomic E-state index is 6.30. The minimum atomic E-state index is -1.13.